The fourth-order valence-electron chi connectivity index (χ4n) is 2.49. The average molecular weight is 248 g/mol. The highest BCUT2D eigenvalue weighted by molar-refractivity contribution is 5.71. The molecule has 2 rings (SSSR count). The third-order valence-corrected chi connectivity index (χ3v) is 3.69. The summed E-state index contributed by atoms with van der Waals surface area (Å²) in [6.45, 7) is 6.39. The van der Waals surface area contributed by atoms with Crippen molar-refractivity contribution in [2.45, 2.75) is 45.1 Å². The highest BCUT2D eigenvalue weighted by Gasteiger charge is 2.30. The fraction of sp³-hybridized carbons (Fsp3) is 0.533. The number of carbonyl (C=O) groups is 1. The summed E-state index contributed by atoms with van der Waals surface area (Å²) >= 11 is 0. The molecule has 18 heavy (non-hydrogen) atoms. The van der Waals surface area contributed by atoms with E-state index in [1.54, 1.807) is 0 Å². The Balaban J connectivity index is 2.38. The SMILES string of the molecule is CC(C)(C)c1ccc2c(c1)C(O)CC(C(=O)O)C2. The zero-order valence-electron chi connectivity index (χ0n) is 11.1. The van der Waals surface area contributed by atoms with Crippen LogP contribution in [-0.2, 0) is 16.6 Å². The van der Waals surface area contributed by atoms with Gasteiger partial charge in [0, 0.05) is 0 Å². The Morgan fingerprint density at radius 1 is 1.33 bits per heavy atom. The summed E-state index contributed by atoms with van der Waals surface area (Å²) in [5.74, 6) is -1.28. The number of hydrogen-bond donors (Lipinski definition) is 2. The van der Waals surface area contributed by atoms with Gasteiger partial charge in [-0.3, -0.25) is 4.79 Å². The first-order valence-electron chi connectivity index (χ1n) is 6.33. The molecule has 0 saturated heterocycles. The molecule has 0 aliphatic heterocycles. The zero-order chi connectivity index (χ0) is 13.5. The van der Waals surface area contributed by atoms with Crippen LogP contribution in [0.15, 0.2) is 18.2 Å². The Morgan fingerprint density at radius 2 is 2.00 bits per heavy atom. The molecule has 0 amide bonds. The molecule has 3 heteroatoms. The lowest BCUT2D eigenvalue weighted by Crippen LogP contribution is -2.25. The second-order valence-electron chi connectivity index (χ2n) is 6.15. The second-order valence-corrected chi connectivity index (χ2v) is 6.15. The lowest BCUT2D eigenvalue weighted by molar-refractivity contribution is -0.143. The van der Waals surface area contributed by atoms with Gasteiger partial charge in [0.2, 0.25) is 0 Å². The van der Waals surface area contributed by atoms with Crippen molar-refractivity contribution in [1.29, 1.82) is 0 Å². The van der Waals surface area contributed by atoms with Gasteiger partial charge in [0.05, 0.1) is 12.0 Å². The van der Waals surface area contributed by atoms with Gasteiger partial charge in [-0.2, -0.15) is 0 Å². The number of carboxylic acids is 1. The van der Waals surface area contributed by atoms with Crippen LogP contribution >= 0.6 is 0 Å². The van der Waals surface area contributed by atoms with Crippen LogP contribution in [0.2, 0.25) is 0 Å². The molecule has 2 atom stereocenters. The number of carboxylic acid groups (broad SMARTS) is 1. The first-order chi connectivity index (χ1) is 8.29. The van der Waals surface area contributed by atoms with Crippen molar-refractivity contribution < 1.29 is 15.0 Å². The molecule has 2 N–H and O–H groups in total. The predicted molar refractivity (Wildman–Crippen MR) is 69.5 cm³/mol. The van der Waals surface area contributed by atoms with Gasteiger partial charge in [0.25, 0.3) is 0 Å². The molecule has 1 aromatic rings. The molecule has 0 aromatic heterocycles. The Labute approximate surface area is 107 Å². The Kier molecular flexibility index (Phi) is 3.20. The van der Waals surface area contributed by atoms with E-state index in [0.29, 0.717) is 12.8 Å². The van der Waals surface area contributed by atoms with Crippen molar-refractivity contribution in [3.63, 3.8) is 0 Å². The van der Waals surface area contributed by atoms with Gasteiger partial charge >= 0.3 is 5.97 Å². The van der Waals surface area contributed by atoms with Crippen molar-refractivity contribution in [3.8, 4) is 0 Å². The number of aliphatic hydroxyl groups is 1. The highest BCUT2D eigenvalue weighted by Crippen LogP contribution is 2.36. The molecule has 1 aromatic carbocycles. The van der Waals surface area contributed by atoms with Crippen LogP contribution in [0.1, 0.15) is 50.0 Å². The summed E-state index contributed by atoms with van der Waals surface area (Å²) in [6.07, 6.45) is 0.180. The molecule has 0 bridgehead atoms. The molecule has 0 fully saturated rings. The quantitative estimate of drug-likeness (QED) is 0.803. The van der Waals surface area contributed by atoms with Gasteiger partial charge in [0.1, 0.15) is 0 Å². The van der Waals surface area contributed by atoms with E-state index in [2.05, 4.69) is 20.8 Å². The standard InChI is InChI=1S/C15H20O3/c1-15(2,3)11-5-4-9-6-10(14(17)18)7-13(16)12(9)8-11/h4-5,8,10,13,16H,6-7H2,1-3H3,(H,17,18). The minimum atomic E-state index is -0.820. The van der Waals surface area contributed by atoms with E-state index in [1.807, 2.05) is 18.2 Å². The molecule has 1 aliphatic rings. The Bertz CT molecular complexity index is 471. The van der Waals surface area contributed by atoms with E-state index in [0.717, 1.165) is 11.1 Å². The van der Waals surface area contributed by atoms with E-state index in [9.17, 15) is 9.90 Å². The van der Waals surface area contributed by atoms with Gasteiger partial charge in [-0.15, -0.1) is 0 Å². The zero-order valence-corrected chi connectivity index (χ0v) is 11.1. The largest absolute Gasteiger partial charge is 0.481 e. The summed E-state index contributed by atoms with van der Waals surface area (Å²) in [5.41, 5.74) is 3.08. The normalized spacial score (nSPS) is 23.6. The summed E-state index contributed by atoms with van der Waals surface area (Å²) in [6, 6.07) is 6.03. The molecular weight excluding hydrogens is 228 g/mol. The molecule has 0 heterocycles. The van der Waals surface area contributed by atoms with Crippen LogP contribution in [0, 0.1) is 5.92 Å². The van der Waals surface area contributed by atoms with Crippen molar-refractivity contribution in [2.24, 2.45) is 5.92 Å². The molecule has 98 valence electrons. The number of fused-ring (bicyclic) bond motifs is 1. The minimum Gasteiger partial charge on any atom is -0.481 e. The van der Waals surface area contributed by atoms with Crippen LogP contribution in [0.5, 0.6) is 0 Å². The van der Waals surface area contributed by atoms with E-state index in [1.165, 1.54) is 5.56 Å². The summed E-state index contributed by atoms with van der Waals surface area (Å²) in [4.78, 5) is 11.0. The van der Waals surface area contributed by atoms with Crippen molar-refractivity contribution in [1.82, 2.24) is 0 Å². The van der Waals surface area contributed by atoms with Crippen LogP contribution < -0.4 is 0 Å². The molecule has 3 nitrogen and oxygen atoms in total. The Hall–Kier alpha value is -1.35. The predicted octanol–water partition coefficient (Wildman–Crippen LogP) is 2.66. The third-order valence-electron chi connectivity index (χ3n) is 3.69. The number of rotatable bonds is 1. The smallest absolute Gasteiger partial charge is 0.306 e. The van der Waals surface area contributed by atoms with Crippen molar-refractivity contribution >= 4 is 5.97 Å². The van der Waals surface area contributed by atoms with Crippen molar-refractivity contribution in [2.75, 3.05) is 0 Å². The number of benzene rings is 1. The van der Waals surface area contributed by atoms with E-state index >= 15 is 0 Å². The first-order valence-corrected chi connectivity index (χ1v) is 6.33. The molecular formula is C15H20O3. The van der Waals surface area contributed by atoms with Gasteiger partial charge in [-0.25, -0.2) is 0 Å². The van der Waals surface area contributed by atoms with Crippen LogP contribution in [0.4, 0.5) is 0 Å². The molecule has 0 spiro atoms. The molecule has 1 aliphatic carbocycles. The minimum absolute atomic E-state index is 0.0401. The van der Waals surface area contributed by atoms with E-state index in [-0.39, 0.29) is 5.41 Å². The average Bonchev–Trinajstić information content (AvgIpc) is 2.27. The molecule has 2 unspecified atom stereocenters. The van der Waals surface area contributed by atoms with Gasteiger partial charge < -0.3 is 10.2 Å². The first kappa shape index (κ1) is 13.1. The van der Waals surface area contributed by atoms with E-state index in [4.69, 9.17) is 5.11 Å². The lowest BCUT2D eigenvalue weighted by atomic mass is 9.78. The monoisotopic (exact) mass is 248 g/mol. The van der Waals surface area contributed by atoms with Gasteiger partial charge in [0.15, 0.2) is 0 Å². The van der Waals surface area contributed by atoms with Crippen LogP contribution in [-0.4, -0.2) is 16.2 Å². The topological polar surface area (TPSA) is 57.5 Å². The third kappa shape index (κ3) is 2.41. The number of aliphatic carboxylic acids is 1. The Morgan fingerprint density at radius 3 is 2.56 bits per heavy atom. The van der Waals surface area contributed by atoms with Crippen molar-refractivity contribution in [3.05, 3.63) is 34.9 Å². The van der Waals surface area contributed by atoms with Crippen LogP contribution in [0.3, 0.4) is 0 Å². The highest BCUT2D eigenvalue weighted by atomic mass is 16.4. The summed E-state index contributed by atoms with van der Waals surface area (Å²) in [7, 11) is 0. The maximum atomic E-state index is 11.0. The fourth-order valence-corrected chi connectivity index (χ4v) is 2.49. The second kappa shape index (κ2) is 4.39. The lowest BCUT2D eigenvalue weighted by Gasteiger charge is -2.29. The molecule has 0 radical (unpaired) electrons. The van der Waals surface area contributed by atoms with Gasteiger partial charge in [-0.1, -0.05) is 39.0 Å². The summed E-state index contributed by atoms with van der Waals surface area (Å²) in [5, 5.41) is 19.2. The number of hydrogen-bond acceptors (Lipinski definition) is 2. The summed E-state index contributed by atoms with van der Waals surface area (Å²) < 4.78 is 0. The van der Waals surface area contributed by atoms with Gasteiger partial charge in [-0.05, 0) is 34.9 Å². The molecule has 0 saturated carbocycles. The maximum Gasteiger partial charge on any atom is 0.306 e. The van der Waals surface area contributed by atoms with E-state index < -0.39 is 18.0 Å². The van der Waals surface area contributed by atoms with Crippen LogP contribution in [0.25, 0.3) is 0 Å². The maximum absolute atomic E-state index is 11.0. The number of aliphatic hydroxyl groups excluding tert-OH is 1.